The van der Waals surface area contributed by atoms with Gasteiger partial charge in [-0.25, -0.2) is 4.98 Å². The van der Waals surface area contributed by atoms with Gasteiger partial charge < -0.3 is 10.6 Å². The molecule has 0 bridgehead atoms. The predicted molar refractivity (Wildman–Crippen MR) is 75.8 cm³/mol. The zero-order valence-corrected chi connectivity index (χ0v) is 10.9. The van der Waals surface area contributed by atoms with Crippen molar-refractivity contribution in [2.45, 2.75) is 6.42 Å². The van der Waals surface area contributed by atoms with E-state index in [1.807, 2.05) is 12.1 Å². The molecule has 1 aliphatic heterocycles. The van der Waals surface area contributed by atoms with Crippen LogP contribution in [0.1, 0.15) is 15.9 Å². The van der Waals surface area contributed by atoms with E-state index in [0.29, 0.717) is 16.4 Å². The number of fused-ring (bicyclic) bond motifs is 1. The predicted octanol–water partition coefficient (Wildman–Crippen LogP) is 2.96. The molecule has 2 N–H and O–H groups in total. The highest BCUT2D eigenvalue weighted by molar-refractivity contribution is 6.33. The summed E-state index contributed by atoms with van der Waals surface area (Å²) in [6.45, 7) is 0.923. The number of carbonyl (C=O) groups excluding carboxylic acids is 1. The van der Waals surface area contributed by atoms with E-state index in [9.17, 15) is 4.79 Å². The van der Waals surface area contributed by atoms with Crippen LogP contribution < -0.4 is 10.6 Å². The van der Waals surface area contributed by atoms with Gasteiger partial charge in [-0.1, -0.05) is 11.6 Å². The van der Waals surface area contributed by atoms with Gasteiger partial charge in [0.15, 0.2) is 5.82 Å². The Hall–Kier alpha value is -2.07. The minimum atomic E-state index is -0.199. The Bertz CT molecular complexity index is 642. The van der Waals surface area contributed by atoms with Gasteiger partial charge in [-0.15, -0.1) is 0 Å². The van der Waals surface area contributed by atoms with Crippen LogP contribution in [0.4, 0.5) is 11.5 Å². The molecule has 1 aromatic carbocycles. The molecule has 1 aliphatic rings. The first-order chi connectivity index (χ1) is 9.24. The van der Waals surface area contributed by atoms with Crippen LogP contribution in [-0.2, 0) is 6.42 Å². The van der Waals surface area contributed by atoms with Gasteiger partial charge in [-0.3, -0.25) is 4.79 Å². The number of halogens is 1. The largest absolute Gasteiger partial charge is 0.384 e. The number of nitrogens with zero attached hydrogens (tertiary/aromatic N) is 1. The molecule has 19 heavy (non-hydrogen) atoms. The van der Waals surface area contributed by atoms with E-state index in [1.165, 1.54) is 5.56 Å². The van der Waals surface area contributed by atoms with Crippen molar-refractivity contribution in [3.8, 4) is 0 Å². The average Bonchev–Trinajstić information content (AvgIpc) is 2.88. The van der Waals surface area contributed by atoms with Crippen LogP contribution in [0.3, 0.4) is 0 Å². The lowest BCUT2D eigenvalue weighted by Gasteiger charge is -2.07. The van der Waals surface area contributed by atoms with Gasteiger partial charge in [0.2, 0.25) is 0 Å². The Morgan fingerprint density at radius 1 is 1.37 bits per heavy atom. The maximum atomic E-state index is 12.1. The second-order valence-electron chi connectivity index (χ2n) is 4.34. The van der Waals surface area contributed by atoms with E-state index in [-0.39, 0.29) is 5.91 Å². The molecule has 1 amide bonds. The summed E-state index contributed by atoms with van der Waals surface area (Å²) in [5, 5.41) is 6.40. The van der Waals surface area contributed by atoms with Gasteiger partial charge in [0.1, 0.15) is 0 Å². The quantitative estimate of drug-likeness (QED) is 0.884. The Morgan fingerprint density at radius 2 is 2.26 bits per heavy atom. The normalized spacial score (nSPS) is 12.7. The Kier molecular flexibility index (Phi) is 3.09. The number of anilines is 2. The van der Waals surface area contributed by atoms with Gasteiger partial charge in [-0.05, 0) is 42.3 Å². The molecular weight excluding hydrogens is 262 g/mol. The number of pyridine rings is 1. The molecule has 0 saturated heterocycles. The third-order valence-electron chi connectivity index (χ3n) is 3.07. The van der Waals surface area contributed by atoms with E-state index >= 15 is 0 Å². The van der Waals surface area contributed by atoms with E-state index < -0.39 is 0 Å². The lowest BCUT2D eigenvalue weighted by atomic mass is 10.1. The smallest absolute Gasteiger partial charge is 0.256 e. The van der Waals surface area contributed by atoms with Crippen LogP contribution in [0, 0.1) is 0 Å². The summed E-state index contributed by atoms with van der Waals surface area (Å²) in [4.78, 5) is 16.2. The maximum absolute atomic E-state index is 12.1. The molecule has 1 aromatic heterocycles. The maximum Gasteiger partial charge on any atom is 0.256 e. The average molecular weight is 274 g/mol. The molecule has 0 fully saturated rings. The summed E-state index contributed by atoms with van der Waals surface area (Å²) in [7, 11) is 0. The molecule has 2 heterocycles. The number of aromatic nitrogens is 1. The van der Waals surface area contributed by atoms with Crippen LogP contribution in [0.5, 0.6) is 0 Å². The summed E-state index contributed by atoms with van der Waals surface area (Å²) < 4.78 is 0. The van der Waals surface area contributed by atoms with Crippen LogP contribution in [-0.4, -0.2) is 17.4 Å². The highest BCUT2D eigenvalue weighted by Gasteiger charge is 2.14. The van der Waals surface area contributed by atoms with Gasteiger partial charge in [0, 0.05) is 24.0 Å². The first-order valence-electron chi connectivity index (χ1n) is 6.03. The standard InChI is InChI=1S/C14H12ClN3O/c15-11-2-1-6-17-13(11)18-14(19)10-3-4-12-9(8-10)5-7-16-12/h1-4,6,8,16H,5,7H2,(H,17,18,19). The topological polar surface area (TPSA) is 54.0 Å². The van der Waals surface area contributed by atoms with Crippen molar-refractivity contribution in [2.75, 3.05) is 17.2 Å². The summed E-state index contributed by atoms with van der Waals surface area (Å²) in [6, 6.07) is 9.04. The van der Waals surface area contributed by atoms with Gasteiger partial charge >= 0.3 is 0 Å². The summed E-state index contributed by atoms with van der Waals surface area (Å²) >= 11 is 5.96. The van der Waals surface area contributed by atoms with Gasteiger partial charge in [0.25, 0.3) is 5.91 Å². The molecule has 4 nitrogen and oxygen atoms in total. The lowest BCUT2D eigenvalue weighted by molar-refractivity contribution is 0.102. The number of hydrogen-bond acceptors (Lipinski definition) is 3. The fraction of sp³-hybridized carbons (Fsp3) is 0.143. The van der Waals surface area contributed by atoms with Crippen molar-refractivity contribution >= 4 is 29.0 Å². The molecular formula is C14H12ClN3O. The fourth-order valence-corrected chi connectivity index (χ4v) is 2.27. The van der Waals surface area contributed by atoms with E-state index in [0.717, 1.165) is 18.7 Å². The first-order valence-corrected chi connectivity index (χ1v) is 6.40. The van der Waals surface area contributed by atoms with E-state index in [2.05, 4.69) is 15.6 Å². The molecule has 96 valence electrons. The monoisotopic (exact) mass is 273 g/mol. The highest BCUT2D eigenvalue weighted by atomic mass is 35.5. The molecule has 2 aromatic rings. The molecule has 0 saturated carbocycles. The summed E-state index contributed by atoms with van der Waals surface area (Å²) in [6.07, 6.45) is 2.54. The van der Waals surface area contributed by atoms with Crippen molar-refractivity contribution in [1.82, 2.24) is 4.98 Å². The third kappa shape index (κ3) is 2.39. The van der Waals surface area contributed by atoms with Crippen molar-refractivity contribution in [3.05, 3.63) is 52.7 Å². The van der Waals surface area contributed by atoms with Gasteiger partial charge in [0.05, 0.1) is 5.02 Å². The van der Waals surface area contributed by atoms with Crippen molar-refractivity contribution in [2.24, 2.45) is 0 Å². The van der Waals surface area contributed by atoms with Crippen LogP contribution >= 0.6 is 11.6 Å². The van der Waals surface area contributed by atoms with E-state index in [4.69, 9.17) is 11.6 Å². The lowest BCUT2D eigenvalue weighted by Crippen LogP contribution is -2.13. The number of amides is 1. The SMILES string of the molecule is O=C(Nc1ncccc1Cl)c1ccc2c(c1)CCN2. The second-order valence-corrected chi connectivity index (χ2v) is 4.74. The minimum Gasteiger partial charge on any atom is -0.384 e. The first kappa shape index (κ1) is 12.0. The minimum absolute atomic E-state index is 0.199. The number of hydrogen-bond donors (Lipinski definition) is 2. The number of rotatable bonds is 2. The Balaban J connectivity index is 1.83. The van der Waals surface area contributed by atoms with E-state index in [1.54, 1.807) is 24.4 Å². The molecule has 3 rings (SSSR count). The second kappa shape index (κ2) is 4.90. The van der Waals surface area contributed by atoms with Crippen molar-refractivity contribution < 1.29 is 4.79 Å². The Labute approximate surface area is 115 Å². The number of benzene rings is 1. The number of carbonyl (C=O) groups is 1. The molecule has 0 aliphatic carbocycles. The van der Waals surface area contributed by atoms with Gasteiger partial charge in [-0.2, -0.15) is 0 Å². The zero-order valence-electron chi connectivity index (χ0n) is 10.1. The van der Waals surface area contributed by atoms with Crippen LogP contribution in [0.15, 0.2) is 36.5 Å². The molecule has 0 atom stereocenters. The summed E-state index contributed by atoms with van der Waals surface area (Å²) in [5.74, 6) is 0.183. The number of nitrogens with one attached hydrogen (secondary N) is 2. The van der Waals surface area contributed by atoms with Crippen LogP contribution in [0.25, 0.3) is 0 Å². The molecule has 0 radical (unpaired) electrons. The molecule has 0 spiro atoms. The van der Waals surface area contributed by atoms with Crippen LogP contribution in [0.2, 0.25) is 5.02 Å². The highest BCUT2D eigenvalue weighted by Crippen LogP contribution is 2.24. The Morgan fingerprint density at radius 3 is 3.11 bits per heavy atom. The fourth-order valence-electron chi connectivity index (χ4n) is 2.10. The zero-order chi connectivity index (χ0) is 13.2. The van der Waals surface area contributed by atoms with Crippen molar-refractivity contribution in [1.29, 1.82) is 0 Å². The summed E-state index contributed by atoms with van der Waals surface area (Å²) in [5.41, 5.74) is 2.89. The third-order valence-corrected chi connectivity index (χ3v) is 3.37. The van der Waals surface area contributed by atoms with Crippen molar-refractivity contribution in [3.63, 3.8) is 0 Å². The molecule has 0 unspecified atom stereocenters. The molecule has 5 heteroatoms.